The van der Waals surface area contributed by atoms with Gasteiger partial charge >= 0.3 is 115 Å². The summed E-state index contributed by atoms with van der Waals surface area (Å²) in [4.78, 5) is 0. The summed E-state index contributed by atoms with van der Waals surface area (Å²) in [5.41, 5.74) is 1.94. The maximum atomic E-state index is 4.25. The van der Waals surface area contributed by atoms with E-state index in [0.29, 0.717) is 0 Å². The van der Waals surface area contributed by atoms with E-state index in [4.69, 9.17) is 0 Å². The zero-order valence-electron chi connectivity index (χ0n) is 6.21. The van der Waals surface area contributed by atoms with E-state index in [0.717, 1.165) is 20.0 Å². The van der Waals surface area contributed by atoms with E-state index in [1.54, 1.807) is 33.7 Å². The molecule has 0 radical (unpaired) electrons. The molecular formula is C6H4As2Br2N2S. The van der Waals surface area contributed by atoms with Crippen LogP contribution in [0.2, 0.25) is 0 Å². The second kappa shape index (κ2) is 3.94. The molecule has 0 bridgehead atoms. The van der Waals surface area contributed by atoms with Gasteiger partial charge in [-0.1, -0.05) is 0 Å². The third kappa shape index (κ3) is 1.67. The summed E-state index contributed by atoms with van der Waals surface area (Å²) >= 11 is 11.6. The Hall–Kier alpha value is 1.12. The predicted molar refractivity (Wildman–Crippen MR) is 69.2 cm³/mol. The van der Waals surface area contributed by atoms with E-state index in [-0.39, 0.29) is 0 Å². The fourth-order valence-electron chi connectivity index (χ4n) is 0.968. The first-order valence-electron chi connectivity index (χ1n) is 3.27. The molecule has 0 aliphatic carbocycles. The van der Waals surface area contributed by atoms with Crippen LogP contribution >= 0.6 is 43.6 Å². The summed E-state index contributed by atoms with van der Waals surface area (Å²) in [5.74, 6) is 0. The molecule has 0 fully saturated rings. The minimum atomic E-state index is 0.970. The summed E-state index contributed by atoms with van der Waals surface area (Å²) in [6.07, 6.45) is 0. The Morgan fingerprint density at radius 2 is 1.31 bits per heavy atom. The van der Waals surface area contributed by atoms with E-state index in [2.05, 4.69) is 40.6 Å². The van der Waals surface area contributed by atoms with Gasteiger partial charge in [0.25, 0.3) is 0 Å². The third-order valence-corrected chi connectivity index (χ3v) is 9.56. The summed E-state index contributed by atoms with van der Waals surface area (Å²) < 4.78 is 13.3. The van der Waals surface area contributed by atoms with Crippen molar-refractivity contribution in [2.75, 3.05) is 0 Å². The van der Waals surface area contributed by atoms with Crippen LogP contribution in [0.1, 0.15) is 0 Å². The quantitative estimate of drug-likeness (QED) is 0.522. The van der Waals surface area contributed by atoms with Crippen LogP contribution in [0.3, 0.4) is 0 Å². The molecule has 2 aromatic rings. The topological polar surface area (TPSA) is 25.8 Å². The Labute approximate surface area is 113 Å². The van der Waals surface area contributed by atoms with Crippen molar-refractivity contribution in [2.24, 2.45) is 0 Å². The molecule has 0 saturated heterocycles. The van der Waals surface area contributed by atoms with Crippen LogP contribution in [0.25, 0.3) is 11.0 Å². The molecule has 0 N–H and O–H groups in total. The van der Waals surface area contributed by atoms with Crippen molar-refractivity contribution >= 4 is 97.0 Å². The summed E-state index contributed by atoms with van der Waals surface area (Å²) in [7, 11) is 0. The fraction of sp³-hybridized carbons (Fsp3) is 0. The number of benzene rings is 1. The van der Waals surface area contributed by atoms with Crippen molar-refractivity contribution in [2.45, 2.75) is 0 Å². The Morgan fingerprint density at radius 3 is 1.69 bits per heavy atom. The summed E-state index contributed by atoms with van der Waals surface area (Å²) in [5, 5.41) is 0. The van der Waals surface area contributed by atoms with Gasteiger partial charge in [-0.25, -0.2) is 0 Å². The normalized spacial score (nSPS) is 11.1. The molecule has 1 aromatic heterocycles. The van der Waals surface area contributed by atoms with Crippen molar-refractivity contribution in [3.63, 3.8) is 0 Å². The molecule has 2 nitrogen and oxygen atoms in total. The van der Waals surface area contributed by atoms with Gasteiger partial charge in [0.2, 0.25) is 0 Å². The van der Waals surface area contributed by atoms with Gasteiger partial charge in [0.05, 0.1) is 0 Å². The van der Waals surface area contributed by atoms with Gasteiger partial charge in [-0.15, -0.1) is 0 Å². The van der Waals surface area contributed by atoms with Crippen LogP contribution in [-0.4, -0.2) is 42.5 Å². The number of hydrogen-bond donors (Lipinski definition) is 0. The number of rotatable bonds is 0. The van der Waals surface area contributed by atoms with E-state index < -0.39 is 0 Å². The van der Waals surface area contributed by atoms with Gasteiger partial charge in [0, 0.05) is 0 Å². The molecule has 0 aliphatic heterocycles. The fourth-order valence-corrected chi connectivity index (χ4v) is 4.81. The van der Waals surface area contributed by atoms with Crippen molar-refractivity contribution in [3.05, 3.63) is 8.95 Å². The average Bonchev–Trinajstić information content (AvgIpc) is 2.59. The zero-order chi connectivity index (χ0) is 9.59. The summed E-state index contributed by atoms with van der Waals surface area (Å²) in [6, 6.07) is 0. The van der Waals surface area contributed by atoms with E-state index in [9.17, 15) is 0 Å². The first kappa shape index (κ1) is 10.6. The Morgan fingerprint density at radius 1 is 0.923 bits per heavy atom. The van der Waals surface area contributed by atoms with Crippen molar-refractivity contribution in [1.82, 2.24) is 8.75 Å². The van der Waals surface area contributed by atoms with Gasteiger partial charge in [0.1, 0.15) is 0 Å². The van der Waals surface area contributed by atoms with E-state index >= 15 is 0 Å². The van der Waals surface area contributed by atoms with Crippen LogP contribution in [0.15, 0.2) is 8.95 Å². The number of nitrogens with zero attached hydrogens (tertiary/aromatic N) is 2. The molecule has 2 unspecified atom stereocenters. The number of halogens is 2. The standard InChI is InChI=1S/C6H4As2Br2N2S/c7-1-2(8)4(10)6-5(3(1)9)11-13-12-6/h7-8H2. The molecule has 2 atom stereocenters. The molecular weight excluding hydrogens is 442 g/mol. The predicted octanol–water partition coefficient (Wildman–Crippen LogP) is -0.267. The second-order valence-corrected chi connectivity index (χ2v) is 6.95. The van der Waals surface area contributed by atoms with Gasteiger partial charge in [0.15, 0.2) is 0 Å². The van der Waals surface area contributed by atoms with Crippen LogP contribution < -0.4 is 8.70 Å². The first-order valence-corrected chi connectivity index (χ1v) is 8.01. The van der Waals surface area contributed by atoms with Crippen LogP contribution in [0, 0.1) is 0 Å². The maximum absolute atomic E-state index is 4.25. The van der Waals surface area contributed by atoms with Gasteiger partial charge < -0.3 is 0 Å². The van der Waals surface area contributed by atoms with Crippen LogP contribution in [0.5, 0.6) is 0 Å². The molecule has 0 aliphatic rings. The third-order valence-electron chi connectivity index (χ3n) is 1.67. The Bertz CT molecular complexity index is 443. The van der Waals surface area contributed by atoms with Crippen LogP contribution in [0.4, 0.5) is 0 Å². The first-order chi connectivity index (χ1) is 6.13. The van der Waals surface area contributed by atoms with Crippen molar-refractivity contribution in [1.29, 1.82) is 0 Å². The monoisotopic (exact) mass is 444 g/mol. The number of aromatic nitrogens is 2. The van der Waals surface area contributed by atoms with E-state index in [1.165, 1.54) is 20.4 Å². The van der Waals surface area contributed by atoms with Crippen molar-refractivity contribution < 1.29 is 0 Å². The Kier molecular flexibility index (Phi) is 3.22. The molecule has 2 rings (SSSR count). The molecule has 0 amide bonds. The molecule has 1 heterocycles. The molecule has 68 valence electrons. The van der Waals surface area contributed by atoms with Gasteiger partial charge in [-0.2, -0.15) is 0 Å². The van der Waals surface area contributed by atoms with Gasteiger partial charge in [-0.05, 0) is 0 Å². The number of hydrogen-bond acceptors (Lipinski definition) is 3. The molecule has 7 heteroatoms. The summed E-state index contributed by atoms with van der Waals surface area (Å²) in [6.45, 7) is 0. The van der Waals surface area contributed by atoms with E-state index in [1.807, 2.05) is 0 Å². The molecule has 0 saturated carbocycles. The van der Waals surface area contributed by atoms with Gasteiger partial charge in [-0.3, -0.25) is 0 Å². The van der Waals surface area contributed by atoms with Crippen molar-refractivity contribution in [3.8, 4) is 0 Å². The minimum absolute atomic E-state index is 0.970. The Balaban J connectivity index is 3.02. The second-order valence-electron chi connectivity index (χ2n) is 2.42. The molecule has 1 aromatic carbocycles. The van der Waals surface area contributed by atoms with Crippen LogP contribution in [-0.2, 0) is 0 Å². The molecule has 0 spiro atoms. The average molecular weight is 446 g/mol. The molecule has 13 heavy (non-hydrogen) atoms. The number of fused-ring (bicyclic) bond motifs is 1. The zero-order valence-corrected chi connectivity index (χ0v) is 15.0. The SMILES string of the molecule is [AsH2]c1c([AsH2])c(Br)c2nsnc2c1Br.